The van der Waals surface area contributed by atoms with Gasteiger partial charge in [0.25, 0.3) is 0 Å². The topological polar surface area (TPSA) is 95.5 Å². The molecule has 0 aromatic heterocycles. The second-order valence-corrected chi connectivity index (χ2v) is 2.74. The Kier molecular flexibility index (Phi) is 6.61. The molecule has 2 amide bonds. The molecule has 0 fully saturated rings. The lowest BCUT2D eigenvalue weighted by molar-refractivity contribution is -0.131. The highest BCUT2D eigenvalue weighted by molar-refractivity contribution is 5.95. The number of rotatable bonds is 6. The fraction of sp³-hybridized carbons (Fsp3) is 0.444. The molecule has 0 aromatic rings. The fourth-order valence-corrected chi connectivity index (χ4v) is 0.700. The fourth-order valence-electron chi connectivity index (χ4n) is 0.700. The molecule has 3 N–H and O–H groups in total. The molecule has 0 aliphatic heterocycles. The van der Waals surface area contributed by atoms with Crippen LogP contribution < -0.4 is 10.6 Å². The van der Waals surface area contributed by atoms with E-state index < -0.39 is 11.9 Å². The first-order chi connectivity index (χ1) is 7.06. The van der Waals surface area contributed by atoms with E-state index in [2.05, 4.69) is 10.6 Å². The Bertz CT molecular complexity index is 273. The number of carbonyl (C=O) groups excluding carboxylic acids is 2. The summed E-state index contributed by atoms with van der Waals surface area (Å²) in [4.78, 5) is 31.9. The predicted molar refractivity (Wildman–Crippen MR) is 53.1 cm³/mol. The second-order valence-electron chi connectivity index (χ2n) is 2.74. The second kappa shape index (κ2) is 7.54. The molecule has 0 aromatic carbocycles. The molecule has 0 heterocycles. The minimum Gasteiger partial charge on any atom is -0.478 e. The van der Waals surface area contributed by atoms with Crippen molar-refractivity contribution in [3.63, 3.8) is 0 Å². The van der Waals surface area contributed by atoms with E-state index >= 15 is 0 Å². The first kappa shape index (κ1) is 13.2. The van der Waals surface area contributed by atoms with Gasteiger partial charge in [-0.2, -0.15) is 0 Å². The predicted octanol–water partition coefficient (Wildman–Crippen LogP) is -0.730. The summed E-state index contributed by atoms with van der Waals surface area (Å²) in [6.45, 7) is 2.32. The van der Waals surface area contributed by atoms with E-state index in [1.165, 1.54) is 0 Å². The smallest absolute Gasteiger partial charge is 0.328 e. The van der Waals surface area contributed by atoms with E-state index in [4.69, 9.17) is 5.11 Å². The van der Waals surface area contributed by atoms with Gasteiger partial charge in [0.15, 0.2) is 0 Å². The molecule has 0 rings (SSSR count). The highest BCUT2D eigenvalue weighted by Crippen LogP contribution is 1.75. The van der Waals surface area contributed by atoms with Crippen molar-refractivity contribution in [2.75, 3.05) is 13.1 Å². The van der Waals surface area contributed by atoms with Crippen molar-refractivity contribution in [2.45, 2.75) is 13.3 Å². The summed E-state index contributed by atoms with van der Waals surface area (Å²) in [5.74, 6) is -2.11. The van der Waals surface area contributed by atoms with E-state index in [1.54, 1.807) is 0 Å². The summed E-state index contributed by atoms with van der Waals surface area (Å²) in [6.07, 6.45) is 2.38. The van der Waals surface area contributed by atoms with Crippen molar-refractivity contribution in [1.82, 2.24) is 10.6 Å². The van der Waals surface area contributed by atoms with Crippen LogP contribution in [0.25, 0.3) is 0 Å². The molecule has 0 aliphatic carbocycles. The Balaban J connectivity index is 3.71. The zero-order valence-electron chi connectivity index (χ0n) is 8.45. The Morgan fingerprint density at radius 1 is 1.20 bits per heavy atom. The maximum Gasteiger partial charge on any atom is 0.328 e. The molecule has 0 atom stereocenters. The van der Waals surface area contributed by atoms with Gasteiger partial charge in [-0.25, -0.2) is 4.79 Å². The third kappa shape index (κ3) is 8.48. The van der Waals surface area contributed by atoms with E-state index in [1.807, 2.05) is 6.92 Å². The molecule has 0 spiro atoms. The molecule has 0 saturated carbocycles. The van der Waals surface area contributed by atoms with E-state index in [-0.39, 0.29) is 12.5 Å². The van der Waals surface area contributed by atoms with Crippen LogP contribution in [0.5, 0.6) is 0 Å². The zero-order chi connectivity index (χ0) is 11.7. The molecule has 0 radical (unpaired) electrons. The van der Waals surface area contributed by atoms with Crippen LogP contribution >= 0.6 is 0 Å². The normalized spacial score (nSPS) is 9.93. The van der Waals surface area contributed by atoms with Crippen molar-refractivity contribution in [3.05, 3.63) is 12.2 Å². The van der Waals surface area contributed by atoms with Gasteiger partial charge < -0.3 is 15.7 Å². The van der Waals surface area contributed by atoms with Crippen LogP contribution in [0.1, 0.15) is 13.3 Å². The number of amides is 2. The minimum absolute atomic E-state index is 0.150. The van der Waals surface area contributed by atoms with Crippen molar-refractivity contribution in [2.24, 2.45) is 0 Å². The summed E-state index contributed by atoms with van der Waals surface area (Å²) in [5.41, 5.74) is 0. The number of nitrogens with one attached hydrogen (secondary N) is 2. The van der Waals surface area contributed by atoms with Crippen LogP contribution in [0, 0.1) is 0 Å². The Labute approximate surface area is 87.3 Å². The van der Waals surface area contributed by atoms with Gasteiger partial charge in [0.2, 0.25) is 11.8 Å². The lowest BCUT2D eigenvalue weighted by Crippen LogP contribution is -2.36. The van der Waals surface area contributed by atoms with Gasteiger partial charge in [0.05, 0.1) is 6.54 Å². The van der Waals surface area contributed by atoms with Crippen molar-refractivity contribution in [3.8, 4) is 0 Å². The van der Waals surface area contributed by atoms with Crippen LogP contribution in [0.15, 0.2) is 12.2 Å². The van der Waals surface area contributed by atoms with Crippen molar-refractivity contribution >= 4 is 17.8 Å². The van der Waals surface area contributed by atoms with Gasteiger partial charge in [-0.3, -0.25) is 9.59 Å². The highest BCUT2D eigenvalue weighted by atomic mass is 16.4. The summed E-state index contributed by atoms with van der Waals surface area (Å²) < 4.78 is 0. The van der Waals surface area contributed by atoms with Crippen molar-refractivity contribution < 1.29 is 19.5 Å². The summed E-state index contributed by atoms with van der Waals surface area (Å²) in [7, 11) is 0. The van der Waals surface area contributed by atoms with Gasteiger partial charge in [0.1, 0.15) is 0 Å². The van der Waals surface area contributed by atoms with Crippen molar-refractivity contribution in [1.29, 1.82) is 0 Å². The SMILES string of the molecule is CCCNC(=O)CNC(=O)/C=C/C(=O)O. The van der Waals surface area contributed by atoms with Gasteiger partial charge >= 0.3 is 5.97 Å². The number of hydrogen-bond acceptors (Lipinski definition) is 3. The summed E-state index contributed by atoms with van der Waals surface area (Å²) in [6, 6.07) is 0. The third-order valence-electron chi connectivity index (χ3n) is 1.37. The first-order valence-electron chi connectivity index (χ1n) is 4.51. The molecule has 0 aliphatic rings. The summed E-state index contributed by atoms with van der Waals surface area (Å²) >= 11 is 0. The molecule has 84 valence electrons. The van der Waals surface area contributed by atoms with Crippen LogP contribution in [0.3, 0.4) is 0 Å². The number of carboxylic acids is 1. The molecule has 0 saturated heterocycles. The average Bonchev–Trinajstić information content (AvgIpc) is 2.20. The maximum atomic E-state index is 11.0. The Hall–Kier alpha value is -1.85. The first-order valence-corrected chi connectivity index (χ1v) is 4.51. The van der Waals surface area contributed by atoms with Gasteiger partial charge in [-0.05, 0) is 6.42 Å². The van der Waals surface area contributed by atoms with E-state index in [0.717, 1.165) is 12.5 Å². The third-order valence-corrected chi connectivity index (χ3v) is 1.37. The monoisotopic (exact) mass is 214 g/mol. The largest absolute Gasteiger partial charge is 0.478 e. The van der Waals surface area contributed by atoms with Gasteiger partial charge in [-0.15, -0.1) is 0 Å². The Morgan fingerprint density at radius 3 is 2.40 bits per heavy atom. The number of carbonyl (C=O) groups is 3. The molecule has 6 heteroatoms. The highest BCUT2D eigenvalue weighted by Gasteiger charge is 2.01. The summed E-state index contributed by atoms with van der Waals surface area (Å²) in [5, 5.41) is 13.0. The van der Waals surface area contributed by atoms with Crippen LogP contribution in [0.4, 0.5) is 0 Å². The maximum absolute atomic E-state index is 11.0. The molecule has 0 bridgehead atoms. The lowest BCUT2D eigenvalue weighted by Gasteiger charge is -2.03. The van der Waals surface area contributed by atoms with Gasteiger partial charge in [-0.1, -0.05) is 6.92 Å². The molecular weight excluding hydrogens is 200 g/mol. The van der Waals surface area contributed by atoms with E-state index in [0.29, 0.717) is 12.6 Å². The van der Waals surface area contributed by atoms with Crippen LogP contribution in [-0.4, -0.2) is 36.0 Å². The molecule has 0 unspecified atom stereocenters. The average molecular weight is 214 g/mol. The lowest BCUT2D eigenvalue weighted by atomic mass is 10.4. The number of aliphatic carboxylic acids is 1. The molecule has 6 nitrogen and oxygen atoms in total. The van der Waals surface area contributed by atoms with E-state index in [9.17, 15) is 14.4 Å². The zero-order valence-corrected chi connectivity index (χ0v) is 8.45. The van der Waals surface area contributed by atoms with Crippen LogP contribution in [-0.2, 0) is 14.4 Å². The number of carboxylic acid groups (broad SMARTS) is 1. The van der Waals surface area contributed by atoms with Crippen LogP contribution in [0.2, 0.25) is 0 Å². The molecular formula is C9H14N2O4. The standard InChI is InChI=1S/C9H14N2O4/c1-2-5-10-8(13)6-11-7(12)3-4-9(14)15/h3-4H,2,5-6H2,1H3,(H,10,13)(H,11,12)(H,14,15)/b4-3+. The number of hydrogen-bond donors (Lipinski definition) is 3. The minimum atomic E-state index is -1.21. The molecule has 15 heavy (non-hydrogen) atoms. The van der Waals surface area contributed by atoms with Gasteiger partial charge in [0, 0.05) is 18.7 Å². The Morgan fingerprint density at radius 2 is 1.87 bits per heavy atom. The quantitative estimate of drug-likeness (QED) is 0.508.